The molecule has 0 atom stereocenters. The van der Waals surface area contributed by atoms with Crippen molar-refractivity contribution in [3.8, 4) is 0 Å². The lowest BCUT2D eigenvalue weighted by Crippen LogP contribution is -2.02. The number of hydrogen-bond acceptors (Lipinski definition) is 2. The molecule has 2 aromatic rings. The molecule has 2 rings (SSSR count). The van der Waals surface area contributed by atoms with Crippen LogP contribution in [0.3, 0.4) is 0 Å². The van der Waals surface area contributed by atoms with Crippen LogP contribution in [0.25, 0.3) is 0 Å². The Hall–Kier alpha value is -1.80. The van der Waals surface area contributed by atoms with Gasteiger partial charge in [-0.25, -0.2) is 0 Å². The lowest BCUT2D eigenvalue weighted by molar-refractivity contribution is 0.124. The van der Waals surface area contributed by atoms with E-state index in [0.717, 1.165) is 17.7 Å². The molecule has 0 aliphatic rings. The summed E-state index contributed by atoms with van der Waals surface area (Å²) in [7, 11) is 0. The first kappa shape index (κ1) is 13.6. The number of aryl methyl sites for hydroxylation is 2. The molecule has 0 heterocycles. The molecule has 0 aromatic heterocycles. The number of nitrogen functional groups attached to an aromatic ring is 1. The van der Waals surface area contributed by atoms with Crippen molar-refractivity contribution in [2.24, 2.45) is 0 Å². The molecule has 2 N–H and O–H groups in total. The highest BCUT2D eigenvalue weighted by atomic mass is 16.5. The summed E-state index contributed by atoms with van der Waals surface area (Å²) in [5.41, 5.74) is 11.8. The van der Waals surface area contributed by atoms with Crippen LogP contribution in [0.1, 0.15) is 22.3 Å². The average Bonchev–Trinajstić information content (AvgIpc) is 2.40. The Morgan fingerprint density at radius 2 is 1.79 bits per heavy atom. The summed E-state index contributed by atoms with van der Waals surface area (Å²) >= 11 is 0. The number of benzene rings is 2. The SMILES string of the molecule is Cc1ccc(COCCc2ccccc2N)cc1C. The van der Waals surface area contributed by atoms with Crippen LogP contribution in [-0.2, 0) is 17.8 Å². The van der Waals surface area contributed by atoms with Crippen LogP contribution in [0.2, 0.25) is 0 Å². The molecule has 0 aliphatic carbocycles. The van der Waals surface area contributed by atoms with Gasteiger partial charge in [-0.05, 0) is 48.6 Å². The third kappa shape index (κ3) is 3.83. The average molecular weight is 255 g/mol. The first-order valence-electron chi connectivity index (χ1n) is 6.64. The molecule has 0 aliphatic heterocycles. The van der Waals surface area contributed by atoms with Gasteiger partial charge in [-0.1, -0.05) is 36.4 Å². The highest BCUT2D eigenvalue weighted by Gasteiger charge is 1.99. The molecule has 0 fully saturated rings. The Balaban J connectivity index is 1.81. The third-order valence-corrected chi connectivity index (χ3v) is 3.41. The van der Waals surface area contributed by atoms with Gasteiger partial charge in [-0.3, -0.25) is 0 Å². The van der Waals surface area contributed by atoms with E-state index in [1.807, 2.05) is 18.2 Å². The van der Waals surface area contributed by atoms with E-state index in [-0.39, 0.29) is 0 Å². The van der Waals surface area contributed by atoms with E-state index >= 15 is 0 Å². The highest BCUT2D eigenvalue weighted by molar-refractivity contribution is 5.46. The molecule has 0 spiro atoms. The Bertz CT molecular complexity index is 549. The summed E-state index contributed by atoms with van der Waals surface area (Å²) in [6.45, 7) is 5.61. The molecular weight excluding hydrogens is 234 g/mol. The van der Waals surface area contributed by atoms with Crippen molar-refractivity contribution in [2.75, 3.05) is 12.3 Å². The van der Waals surface area contributed by atoms with Gasteiger partial charge < -0.3 is 10.5 Å². The van der Waals surface area contributed by atoms with Crippen LogP contribution in [-0.4, -0.2) is 6.61 Å². The molecule has 0 saturated heterocycles. The minimum atomic E-state index is 0.661. The van der Waals surface area contributed by atoms with Gasteiger partial charge in [0.25, 0.3) is 0 Å². The van der Waals surface area contributed by atoms with Crippen LogP contribution in [0.4, 0.5) is 5.69 Å². The normalized spacial score (nSPS) is 10.6. The molecule has 0 radical (unpaired) electrons. The molecule has 2 aromatic carbocycles. The summed E-state index contributed by atoms with van der Waals surface area (Å²) in [4.78, 5) is 0. The van der Waals surface area contributed by atoms with Gasteiger partial charge in [-0.15, -0.1) is 0 Å². The van der Waals surface area contributed by atoms with Crippen LogP contribution >= 0.6 is 0 Å². The summed E-state index contributed by atoms with van der Waals surface area (Å²) < 4.78 is 5.72. The van der Waals surface area contributed by atoms with Crippen molar-refractivity contribution in [3.63, 3.8) is 0 Å². The van der Waals surface area contributed by atoms with Crippen LogP contribution in [0.5, 0.6) is 0 Å². The van der Waals surface area contributed by atoms with Gasteiger partial charge in [0.1, 0.15) is 0 Å². The van der Waals surface area contributed by atoms with Gasteiger partial charge in [0.15, 0.2) is 0 Å². The zero-order chi connectivity index (χ0) is 13.7. The third-order valence-electron chi connectivity index (χ3n) is 3.41. The first-order chi connectivity index (χ1) is 9.16. The van der Waals surface area contributed by atoms with E-state index in [0.29, 0.717) is 13.2 Å². The fraction of sp³-hybridized carbons (Fsp3) is 0.294. The van der Waals surface area contributed by atoms with Crippen LogP contribution in [0.15, 0.2) is 42.5 Å². The Labute approximate surface area is 115 Å². The largest absolute Gasteiger partial charge is 0.399 e. The second kappa shape index (κ2) is 6.39. The maximum atomic E-state index is 5.89. The fourth-order valence-electron chi connectivity index (χ4n) is 2.03. The molecular formula is C17H21NO. The topological polar surface area (TPSA) is 35.2 Å². The van der Waals surface area contributed by atoms with Crippen molar-refractivity contribution < 1.29 is 4.74 Å². The minimum absolute atomic E-state index is 0.661. The zero-order valence-electron chi connectivity index (χ0n) is 11.6. The Kier molecular flexibility index (Phi) is 4.58. The molecule has 0 amide bonds. The Morgan fingerprint density at radius 3 is 2.53 bits per heavy atom. The van der Waals surface area contributed by atoms with E-state index in [4.69, 9.17) is 10.5 Å². The van der Waals surface area contributed by atoms with E-state index in [1.54, 1.807) is 0 Å². The standard InChI is InChI=1S/C17H21NO/c1-13-7-8-15(11-14(13)2)12-19-10-9-16-5-3-4-6-17(16)18/h3-8,11H,9-10,12,18H2,1-2H3. The number of hydrogen-bond donors (Lipinski definition) is 1. The van der Waals surface area contributed by atoms with Gasteiger partial charge >= 0.3 is 0 Å². The molecule has 0 saturated carbocycles. The van der Waals surface area contributed by atoms with Crippen LogP contribution in [0, 0.1) is 13.8 Å². The van der Waals surface area contributed by atoms with Crippen molar-refractivity contribution >= 4 is 5.69 Å². The summed E-state index contributed by atoms with van der Waals surface area (Å²) in [5.74, 6) is 0. The minimum Gasteiger partial charge on any atom is -0.399 e. The summed E-state index contributed by atoms with van der Waals surface area (Å²) in [5, 5.41) is 0. The van der Waals surface area contributed by atoms with E-state index < -0.39 is 0 Å². The Morgan fingerprint density at radius 1 is 1.00 bits per heavy atom. The van der Waals surface area contributed by atoms with Crippen molar-refractivity contribution in [2.45, 2.75) is 26.9 Å². The zero-order valence-corrected chi connectivity index (χ0v) is 11.6. The summed E-state index contributed by atoms with van der Waals surface area (Å²) in [6.07, 6.45) is 0.859. The predicted molar refractivity (Wildman–Crippen MR) is 80.1 cm³/mol. The van der Waals surface area contributed by atoms with Crippen molar-refractivity contribution in [1.82, 2.24) is 0 Å². The second-order valence-corrected chi connectivity index (χ2v) is 4.92. The lowest BCUT2D eigenvalue weighted by atomic mass is 10.1. The second-order valence-electron chi connectivity index (χ2n) is 4.92. The monoisotopic (exact) mass is 255 g/mol. The number of rotatable bonds is 5. The quantitative estimate of drug-likeness (QED) is 0.654. The fourth-order valence-corrected chi connectivity index (χ4v) is 2.03. The van der Waals surface area contributed by atoms with E-state index in [9.17, 15) is 0 Å². The molecule has 19 heavy (non-hydrogen) atoms. The number of para-hydroxylation sites is 1. The highest BCUT2D eigenvalue weighted by Crippen LogP contribution is 2.13. The van der Waals surface area contributed by atoms with Gasteiger partial charge in [0.2, 0.25) is 0 Å². The molecule has 2 nitrogen and oxygen atoms in total. The van der Waals surface area contributed by atoms with E-state index in [1.165, 1.54) is 16.7 Å². The molecule has 100 valence electrons. The maximum Gasteiger partial charge on any atom is 0.0717 e. The molecule has 0 unspecified atom stereocenters. The van der Waals surface area contributed by atoms with Gasteiger partial charge in [-0.2, -0.15) is 0 Å². The number of nitrogens with two attached hydrogens (primary N) is 1. The van der Waals surface area contributed by atoms with E-state index in [2.05, 4.69) is 38.1 Å². The molecule has 0 bridgehead atoms. The smallest absolute Gasteiger partial charge is 0.0717 e. The maximum absolute atomic E-state index is 5.89. The van der Waals surface area contributed by atoms with Gasteiger partial charge in [0.05, 0.1) is 13.2 Å². The number of anilines is 1. The first-order valence-corrected chi connectivity index (χ1v) is 6.64. The van der Waals surface area contributed by atoms with Crippen molar-refractivity contribution in [3.05, 3.63) is 64.7 Å². The lowest BCUT2D eigenvalue weighted by Gasteiger charge is -2.08. The summed E-state index contributed by atoms with van der Waals surface area (Å²) in [6, 6.07) is 14.4. The predicted octanol–water partition coefficient (Wildman–Crippen LogP) is 3.64. The molecule has 2 heteroatoms. The van der Waals surface area contributed by atoms with Crippen molar-refractivity contribution in [1.29, 1.82) is 0 Å². The van der Waals surface area contributed by atoms with Gasteiger partial charge in [0, 0.05) is 5.69 Å². The number of ether oxygens (including phenoxy) is 1. The van der Waals surface area contributed by atoms with Crippen LogP contribution < -0.4 is 5.73 Å².